The second-order valence-corrected chi connectivity index (χ2v) is 6.36. The molecule has 0 aromatic heterocycles. The number of carbonyl (C=O) groups excluding carboxylic acids is 3. The lowest BCUT2D eigenvalue weighted by Crippen LogP contribution is -2.19. The summed E-state index contributed by atoms with van der Waals surface area (Å²) in [5.74, 6) is -0.339. The SMILES string of the molecule is O=C(CCC(=O)c1ccccc1)Nc1cccc(NC(=O)Nc2ccccc2)c1. The van der Waals surface area contributed by atoms with Gasteiger partial charge < -0.3 is 16.0 Å². The van der Waals surface area contributed by atoms with E-state index >= 15 is 0 Å². The van der Waals surface area contributed by atoms with Gasteiger partial charge in [-0.25, -0.2) is 4.79 Å². The summed E-state index contributed by atoms with van der Waals surface area (Å²) in [7, 11) is 0. The number of amides is 3. The molecule has 6 nitrogen and oxygen atoms in total. The largest absolute Gasteiger partial charge is 0.326 e. The van der Waals surface area contributed by atoms with Crippen molar-refractivity contribution in [2.45, 2.75) is 12.8 Å². The molecule has 0 aliphatic carbocycles. The third-order valence-electron chi connectivity index (χ3n) is 4.11. The topological polar surface area (TPSA) is 87.3 Å². The summed E-state index contributed by atoms with van der Waals surface area (Å²) in [5, 5.41) is 8.19. The predicted octanol–water partition coefficient (Wildman–Crippen LogP) is 4.93. The molecule has 6 heteroatoms. The number of anilines is 3. The third-order valence-corrected chi connectivity index (χ3v) is 4.11. The van der Waals surface area contributed by atoms with Crippen LogP contribution in [0.5, 0.6) is 0 Å². The summed E-state index contributed by atoms with van der Waals surface area (Å²) < 4.78 is 0. The van der Waals surface area contributed by atoms with E-state index in [2.05, 4.69) is 16.0 Å². The van der Waals surface area contributed by atoms with E-state index in [9.17, 15) is 14.4 Å². The van der Waals surface area contributed by atoms with Crippen LogP contribution in [0.3, 0.4) is 0 Å². The maximum atomic E-state index is 12.2. The molecule has 3 rings (SSSR count). The van der Waals surface area contributed by atoms with Crippen LogP contribution in [0.4, 0.5) is 21.9 Å². The van der Waals surface area contributed by atoms with E-state index in [1.54, 1.807) is 60.7 Å². The number of rotatable bonds is 7. The van der Waals surface area contributed by atoms with Crippen molar-refractivity contribution in [1.82, 2.24) is 0 Å². The van der Waals surface area contributed by atoms with Crippen LogP contribution in [0, 0.1) is 0 Å². The number of carbonyl (C=O) groups is 3. The molecule has 3 N–H and O–H groups in total. The highest BCUT2D eigenvalue weighted by molar-refractivity contribution is 6.01. The summed E-state index contributed by atoms with van der Waals surface area (Å²) in [5.41, 5.74) is 2.35. The number of hydrogen-bond donors (Lipinski definition) is 3. The summed E-state index contributed by atoms with van der Waals surface area (Å²) in [6.45, 7) is 0. The maximum Gasteiger partial charge on any atom is 0.323 e. The Labute approximate surface area is 169 Å². The van der Waals surface area contributed by atoms with Crippen LogP contribution in [-0.4, -0.2) is 17.7 Å². The Bertz CT molecular complexity index is 989. The molecule has 0 bridgehead atoms. The minimum atomic E-state index is -0.381. The van der Waals surface area contributed by atoms with Crippen LogP contribution in [-0.2, 0) is 4.79 Å². The van der Waals surface area contributed by atoms with E-state index in [-0.39, 0.29) is 30.6 Å². The molecule has 0 aliphatic rings. The molecule has 0 unspecified atom stereocenters. The van der Waals surface area contributed by atoms with Gasteiger partial charge in [0.05, 0.1) is 0 Å². The highest BCUT2D eigenvalue weighted by atomic mass is 16.2. The molecule has 0 spiro atoms. The van der Waals surface area contributed by atoms with Crippen molar-refractivity contribution in [3.05, 3.63) is 90.5 Å². The molecular formula is C23H21N3O3. The van der Waals surface area contributed by atoms with Crippen molar-refractivity contribution in [3.63, 3.8) is 0 Å². The number of hydrogen-bond acceptors (Lipinski definition) is 3. The fourth-order valence-electron chi connectivity index (χ4n) is 2.71. The molecule has 146 valence electrons. The lowest BCUT2D eigenvalue weighted by Gasteiger charge is -2.10. The third kappa shape index (κ3) is 6.32. The van der Waals surface area contributed by atoms with Crippen LogP contribution >= 0.6 is 0 Å². The van der Waals surface area contributed by atoms with Gasteiger partial charge in [-0.1, -0.05) is 54.6 Å². The Balaban J connectivity index is 1.50. The van der Waals surface area contributed by atoms with Gasteiger partial charge in [0.15, 0.2) is 5.78 Å². The molecule has 29 heavy (non-hydrogen) atoms. The van der Waals surface area contributed by atoms with Crippen molar-refractivity contribution in [1.29, 1.82) is 0 Å². The van der Waals surface area contributed by atoms with Crippen molar-refractivity contribution in [2.75, 3.05) is 16.0 Å². The Morgan fingerprint density at radius 2 is 1.14 bits per heavy atom. The van der Waals surface area contributed by atoms with Crippen molar-refractivity contribution < 1.29 is 14.4 Å². The average molecular weight is 387 g/mol. The zero-order valence-electron chi connectivity index (χ0n) is 15.7. The highest BCUT2D eigenvalue weighted by Crippen LogP contribution is 2.16. The zero-order chi connectivity index (χ0) is 20.5. The first-order chi connectivity index (χ1) is 14.1. The van der Waals surface area contributed by atoms with Crippen LogP contribution in [0.15, 0.2) is 84.9 Å². The van der Waals surface area contributed by atoms with Gasteiger partial charge in [-0.05, 0) is 30.3 Å². The quantitative estimate of drug-likeness (QED) is 0.502. The molecule has 0 saturated heterocycles. The fraction of sp³-hybridized carbons (Fsp3) is 0.0870. The second-order valence-electron chi connectivity index (χ2n) is 6.36. The van der Waals surface area contributed by atoms with Crippen LogP contribution in [0.1, 0.15) is 23.2 Å². The van der Waals surface area contributed by atoms with Gasteiger partial charge >= 0.3 is 6.03 Å². The van der Waals surface area contributed by atoms with Gasteiger partial charge in [-0.3, -0.25) is 9.59 Å². The minimum absolute atomic E-state index is 0.0752. The van der Waals surface area contributed by atoms with Crippen LogP contribution < -0.4 is 16.0 Å². The number of ketones is 1. The highest BCUT2D eigenvalue weighted by Gasteiger charge is 2.10. The van der Waals surface area contributed by atoms with Crippen molar-refractivity contribution >= 4 is 34.8 Å². The molecule has 0 radical (unpaired) electrons. The number of nitrogens with one attached hydrogen (secondary N) is 3. The van der Waals surface area contributed by atoms with Crippen molar-refractivity contribution in [3.8, 4) is 0 Å². The Morgan fingerprint density at radius 3 is 1.83 bits per heavy atom. The monoisotopic (exact) mass is 387 g/mol. The summed E-state index contributed by atoms with van der Waals surface area (Å²) in [4.78, 5) is 36.3. The molecule has 3 aromatic carbocycles. The van der Waals surface area contributed by atoms with Crippen LogP contribution in [0.25, 0.3) is 0 Å². The van der Waals surface area contributed by atoms with Crippen molar-refractivity contribution in [2.24, 2.45) is 0 Å². The number of para-hydroxylation sites is 1. The number of benzene rings is 3. The first-order valence-electron chi connectivity index (χ1n) is 9.21. The molecule has 0 aliphatic heterocycles. The Hall–Kier alpha value is -3.93. The Kier molecular flexibility index (Phi) is 6.73. The first-order valence-corrected chi connectivity index (χ1v) is 9.21. The first kappa shape index (κ1) is 19.8. The van der Waals surface area contributed by atoms with E-state index in [4.69, 9.17) is 0 Å². The van der Waals surface area contributed by atoms with Gasteiger partial charge in [-0.15, -0.1) is 0 Å². The predicted molar refractivity (Wildman–Crippen MR) is 114 cm³/mol. The molecule has 0 fully saturated rings. The molecule has 3 aromatic rings. The second kappa shape index (κ2) is 9.85. The number of urea groups is 1. The number of Topliss-reactive ketones (excluding diaryl/α,β-unsaturated/α-hetero) is 1. The van der Waals surface area contributed by atoms with Gasteiger partial charge in [0.25, 0.3) is 0 Å². The van der Waals surface area contributed by atoms with E-state index in [1.165, 1.54) is 0 Å². The smallest absolute Gasteiger partial charge is 0.323 e. The maximum absolute atomic E-state index is 12.2. The summed E-state index contributed by atoms with van der Waals surface area (Å²) in [6.07, 6.45) is 0.215. The molecule has 0 saturated carbocycles. The lowest BCUT2D eigenvalue weighted by molar-refractivity contribution is -0.116. The minimum Gasteiger partial charge on any atom is -0.326 e. The Morgan fingerprint density at radius 1 is 0.586 bits per heavy atom. The lowest BCUT2D eigenvalue weighted by atomic mass is 10.1. The molecule has 3 amide bonds. The fourth-order valence-corrected chi connectivity index (χ4v) is 2.71. The molecule has 0 heterocycles. The zero-order valence-corrected chi connectivity index (χ0v) is 15.7. The normalized spacial score (nSPS) is 10.1. The van der Waals surface area contributed by atoms with Gasteiger partial charge in [0.2, 0.25) is 5.91 Å². The van der Waals surface area contributed by atoms with E-state index in [0.29, 0.717) is 22.6 Å². The summed E-state index contributed by atoms with van der Waals surface area (Å²) >= 11 is 0. The van der Waals surface area contributed by atoms with Crippen LogP contribution in [0.2, 0.25) is 0 Å². The summed E-state index contributed by atoms with van der Waals surface area (Å²) in [6, 6.07) is 24.4. The van der Waals surface area contributed by atoms with E-state index in [0.717, 1.165) is 0 Å². The molecular weight excluding hydrogens is 366 g/mol. The van der Waals surface area contributed by atoms with E-state index < -0.39 is 0 Å². The van der Waals surface area contributed by atoms with E-state index in [1.807, 2.05) is 24.3 Å². The van der Waals surface area contributed by atoms with Gasteiger partial charge in [0.1, 0.15) is 0 Å². The average Bonchev–Trinajstić information content (AvgIpc) is 2.73. The molecule has 0 atom stereocenters. The van der Waals surface area contributed by atoms with Gasteiger partial charge in [0, 0.05) is 35.5 Å². The van der Waals surface area contributed by atoms with Gasteiger partial charge in [-0.2, -0.15) is 0 Å². The standard InChI is InChI=1S/C23H21N3O3/c27-21(17-8-3-1-4-9-17)14-15-22(28)24-19-12-7-13-20(16-19)26-23(29)25-18-10-5-2-6-11-18/h1-13,16H,14-15H2,(H,24,28)(H2,25,26,29).